The van der Waals surface area contributed by atoms with E-state index in [4.69, 9.17) is 0 Å². The average molecular weight is 406 g/mol. The number of hydrogen-bond acceptors (Lipinski definition) is 2. The third kappa shape index (κ3) is 3.56. The SMILES string of the molecule is O=C(C[P@@](=O)(c1ccccc1)N1CCC[C@@H]1CBr)c1ccccc1. The molecule has 1 fully saturated rings. The fourth-order valence-electron chi connectivity index (χ4n) is 3.30. The third-order valence-corrected chi connectivity index (χ3v) is 8.48. The summed E-state index contributed by atoms with van der Waals surface area (Å²) in [5.74, 6) is -0.0528. The van der Waals surface area contributed by atoms with Gasteiger partial charge in [0, 0.05) is 28.8 Å². The minimum absolute atomic E-state index is 0.0528. The number of ketones is 1. The standard InChI is InChI=1S/C19H21BrNO2P/c20-14-17-10-7-13-21(17)24(23,18-11-5-2-6-12-18)15-19(22)16-8-3-1-4-9-16/h1-6,8-9,11-12,17H,7,10,13-15H2/t17-,24-/m1/s1. The molecule has 3 rings (SSSR count). The van der Waals surface area contributed by atoms with Gasteiger partial charge < -0.3 is 4.57 Å². The highest BCUT2D eigenvalue weighted by Gasteiger charge is 2.41. The first kappa shape index (κ1) is 17.6. The Labute approximate surface area is 151 Å². The van der Waals surface area contributed by atoms with Gasteiger partial charge in [-0.15, -0.1) is 0 Å². The lowest BCUT2D eigenvalue weighted by Gasteiger charge is -2.32. The number of rotatable bonds is 6. The number of nitrogens with zero attached hydrogens (tertiary/aromatic N) is 1. The van der Waals surface area contributed by atoms with E-state index in [0.29, 0.717) is 5.56 Å². The molecule has 2 atom stereocenters. The van der Waals surface area contributed by atoms with Crippen LogP contribution in [0, 0.1) is 0 Å². The summed E-state index contributed by atoms with van der Waals surface area (Å²) in [5.41, 5.74) is 0.628. The summed E-state index contributed by atoms with van der Waals surface area (Å²) < 4.78 is 16.1. The highest BCUT2D eigenvalue weighted by atomic mass is 79.9. The molecule has 5 heteroatoms. The second kappa shape index (κ2) is 7.77. The molecule has 0 amide bonds. The predicted octanol–water partition coefficient (Wildman–Crippen LogP) is 4.33. The van der Waals surface area contributed by atoms with E-state index in [2.05, 4.69) is 20.6 Å². The first-order valence-corrected chi connectivity index (χ1v) is 11.2. The van der Waals surface area contributed by atoms with Gasteiger partial charge in [0.05, 0.1) is 6.16 Å². The molecule has 0 saturated carbocycles. The van der Waals surface area contributed by atoms with Crippen LogP contribution in [0.15, 0.2) is 60.7 Å². The molecule has 0 unspecified atom stereocenters. The van der Waals surface area contributed by atoms with Crippen LogP contribution >= 0.6 is 23.2 Å². The fourth-order valence-corrected chi connectivity index (χ4v) is 7.26. The Morgan fingerprint density at radius 2 is 1.71 bits per heavy atom. The number of halogens is 1. The van der Waals surface area contributed by atoms with Crippen LogP contribution in [0.4, 0.5) is 0 Å². The lowest BCUT2D eigenvalue weighted by molar-refractivity contribution is 0.101. The number of carbonyl (C=O) groups excluding carboxylic acids is 1. The first-order chi connectivity index (χ1) is 11.6. The minimum atomic E-state index is -2.96. The molecule has 0 radical (unpaired) electrons. The van der Waals surface area contributed by atoms with Crippen molar-refractivity contribution in [3.05, 3.63) is 66.2 Å². The Bertz CT molecular complexity index is 736. The summed E-state index contributed by atoms with van der Waals surface area (Å²) in [4.78, 5) is 12.8. The van der Waals surface area contributed by atoms with Crippen molar-refractivity contribution >= 4 is 34.3 Å². The Morgan fingerprint density at radius 3 is 2.33 bits per heavy atom. The second-order valence-corrected chi connectivity index (χ2v) is 9.49. The lowest BCUT2D eigenvalue weighted by atomic mass is 10.2. The van der Waals surface area contributed by atoms with Crippen LogP contribution in [-0.2, 0) is 4.57 Å². The van der Waals surface area contributed by atoms with Gasteiger partial charge in [-0.25, -0.2) is 4.67 Å². The Balaban J connectivity index is 1.97. The summed E-state index contributed by atoms with van der Waals surface area (Å²) >= 11 is 3.55. The van der Waals surface area contributed by atoms with Crippen molar-refractivity contribution in [2.24, 2.45) is 0 Å². The Morgan fingerprint density at radius 1 is 1.08 bits per heavy atom. The van der Waals surface area contributed by atoms with Gasteiger partial charge in [-0.3, -0.25) is 4.79 Å². The van der Waals surface area contributed by atoms with Crippen molar-refractivity contribution in [1.29, 1.82) is 0 Å². The molecular weight excluding hydrogens is 385 g/mol. The maximum Gasteiger partial charge on any atom is 0.186 e. The summed E-state index contributed by atoms with van der Waals surface area (Å²) in [6.07, 6.45) is 2.10. The van der Waals surface area contributed by atoms with Crippen LogP contribution in [-0.4, -0.2) is 34.5 Å². The Hall–Kier alpha value is -1.22. The maximum atomic E-state index is 14.1. The molecule has 24 heavy (non-hydrogen) atoms. The van der Waals surface area contributed by atoms with E-state index in [1.165, 1.54) is 0 Å². The summed E-state index contributed by atoms with van der Waals surface area (Å²) in [6.45, 7) is 0.782. The van der Waals surface area contributed by atoms with Crippen molar-refractivity contribution in [1.82, 2.24) is 4.67 Å². The number of Topliss-reactive ketones (excluding diaryl/α,β-unsaturated/α-hetero) is 1. The van der Waals surface area contributed by atoms with Crippen LogP contribution in [0.3, 0.4) is 0 Å². The first-order valence-electron chi connectivity index (χ1n) is 8.21. The van der Waals surface area contributed by atoms with Crippen molar-refractivity contribution < 1.29 is 9.36 Å². The van der Waals surface area contributed by atoms with Gasteiger partial charge in [-0.05, 0) is 12.8 Å². The van der Waals surface area contributed by atoms with Crippen LogP contribution in [0.1, 0.15) is 23.2 Å². The van der Waals surface area contributed by atoms with Crippen molar-refractivity contribution in [3.63, 3.8) is 0 Å². The fraction of sp³-hybridized carbons (Fsp3) is 0.316. The molecule has 0 aliphatic carbocycles. The second-order valence-electron chi connectivity index (χ2n) is 6.10. The zero-order valence-corrected chi connectivity index (χ0v) is 16.0. The van der Waals surface area contributed by atoms with Gasteiger partial charge in [0.25, 0.3) is 0 Å². The number of hydrogen-bond donors (Lipinski definition) is 0. The lowest BCUT2D eigenvalue weighted by Crippen LogP contribution is -2.34. The van der Waals surface area contributed by atoms with Gasteiger partial charge in [-0.1, -0.05) is 76.6 Å². The van der Waals surface area contributed by atoms with Crippen LogP contribution in [0.2, 0.25) is 0 Å². The molecular formula is C19H21BrNO2P. The maximum absolute atomic E-state index is 14.1. The van der Waals surface area contributed by atoms with Crippen molar-refractivity contribution in [2.75, 3.05) is 18.0 Å². The largest absolute Gasteiger partial charge is 0.301 e. The molecule has 0 bridgehead atoms. The zero-order chi connectivity index (χ0) is 17.0. The topological polar surface area (TPSA) is 37.4 Å². The number of benzene rings is 2. The molecule has 1 aliphatic heterocycles. The predicted molar refractivity (Wildman–Crippen MR) is 103 cm³/mol. The normalized spacial score (nSPS) is 20.6. The van der Waals surface area contributed by atoms with Crippen LogP contribution < -0.4 is 5.30 Å². The molecule has 1 saturated heterocycles. The quantitative estimate of drug-likeness (QED) is 0.407. The van der Waals surface area contributed by atoms with Gasteiger partial charge in [-0.2, -0.15) is 0 Å². The number of alkyl halides is 1. The highest BCUT2D eigenvalue weighted by Crippen LogP contribution is 2.52. The van der Waals surface area contributed by atoms with E-state index in [1.807, 2.05) is 48.5 Å². The monoisotopic (exact) mass is 405 g/mol. The van der Waals surface area contributed by atoms with E-state index in [0.717, 1.165) is 30.0 Å². The van der Waals surface area contributed by atoms with E-state index in [1.54, 1.807) is 12.1 Å². The molecule has 126 valence electrons. The zero-order valence-electron chi connectivity index (χ0n) is 13.5. The minimum Gasteiger partial charge on any atom is -0.301 e. The molecule has 0 N–H and O–H groups in total. The van der Waals surface area contributed by atoms with Gasteiger partial charge in [0.1, 0.15) is 0 Å². The third-order valence-electron chi connectivity index (χ3n) is 4.55. The summed E-state index contributed by atoms with van der Waals surface area (Å²) in [6, 6.07) is 18.9. The van der Waals surface area contributed by atoms with Crippen molar-refractivity contribution in [2.45, 2.75) is 18.9 Å². The van der Waals surface area contributed by atoms with Gasteiger partial charge >= 0.3 is 0 Å². The molecule has 3 nitrogen and oxygen atoms in total. The van der Waals surface area contributed by atoms with E-state index < -0.39 is 7.29 Å². The molecule has 1 aliphatic rings. The molecule has 2 aromatic rings. The molecule has 0 spiro atoms. The molecule has 0 aromatic heterocycles. The number of carbonyl (C=O) groups is 1. The van der Waals surface area contributed by atoms with E-state index in [-0.39, 0.29) is 18.0 Å². The van der Waals surface area contributed by atoms with E-state index >= 15 is 0 Å². The average Bonchev–Trinajstić information content (AvgIpc) is 3.12. The molecule has 2 aromatic carbocycles. The van der Waals surface area contributed by atoms with Crippen molar-refractivity contribution in [3.8, 4) is 0 Å². The highest BCUT2D eigenvalue weighted by molar-refractivity contribution is 9.09. The Kier molecular flexibility index (Phi) is 5.70. The summed E-state index contributed by atoms with van der Waals surface area (Å²) in [5, 5.41) is 1.56. The smallest absolute Gasteiger partial charge is 0.186 e. The van der Waals surface area contributed by atoms with E-state index in [9.17, 15) is 9.36 Å². The summed E-state index contributed by atoms with van der Waals surface area (Å²) in [7, 11) is -2.96. The van der Waals surface area contributed by atoms with Gasteiger partial charge in [0.2, 0.25) is 0 Å². The molecule has 1 heterocycles. The van der Waals surface area contributed by atoms with Gasteiger partial charge in [0.15, 0.2) is 13.1 Å². The van der Waals surface area contributed by atoms with Crippen LogP contribution in [0.25, 0.3) is 0 Å². The van der Waals surface area contributed by atoms with Crippen LogP contribution in [0.5, 0.6) is 0 Å².